The van der Waals surface area contributed by atoms with Crippen molar-refractivity contribution in [2.75, 3.05) is 0 Å². The second kappa shape index (κ2) is 5.29. The van der Waals surface area contributed by atoms with Gasteiger partial charge in [-0.2, -0.15) is 0 Å². The Morgan fingerprint density at radius 1 is 1.59 bits per heavy atom. The van der Waals surface area contributed by atoms with Crippen molar-refractivity contribution < 1.29 is 14.7 Å². The van der Waals surface area contributed by atoms with Gasteiger partial charge >= 0.3 is 5.97 Å². The molecular weight excluding hydrogens is 240 g/mol. The molecule has 0 saturated carbocycles. The summed E-state index contributed by atoms with van der Waals surface area (Å²) in [6, 6.07) is 2.43. The molecule has 0 bridgehead atoms. The molecule has 17 heavy (non-hydrogen) atoms. The number of hydrogen-bond donors (Lipinski definition) is 3. The third-order valence-electron chi connectivity index (χ3n) is 2.00. The number of carbonyl (C=O) groups is 2. The van der Waals surface area contributed by atoms with Crippen molar-refractivity contribution in [1.82, 2.24) is 5.32 Å². The maximum absolute atomic E-state index is 11.6. The van der Waals surface area contributed by atoms with Crippen LogP contribution in [0.2, 0.25) is 0 Å². The minimum atomic E-state index is -1.07. The standard InChI is InChI=1S/C11H16N2O3S/c1-11(2,12)6-8(14)13-9(10(15)16)7-4-3-5-17-7/h3-5,9H,6,12H2,1-2H3,(H,13,14)(H,15,16). The van der Waals surface area contributed by atoms with Crippen molar-refractivity contribution in [1.29, 1.82) is 0 Å². The summed E-state index contributed by atoms with van der Waals surface area (Å²) in [6.07, 6.45) is 0.0855. The number of nitrogens with two attached hydrogens (primary N) is 1. The van der Waals surface area contributed by atoms with Gasteiger partial charge in [0.25, 0.3) is 0 Å². The van der Waals surface area contributed by atoms with Crippen molar-refractivity contribution in [3.05, 3.63) is 22.4 Å². The average Bonchev–Trinajstić information content (AvgIpc) is 2.63. The van der Waals surface area contributed by atoms with Gasteiger partial charge < -0.3 is 16.2 Å². The van der Waals surface area contributed by atoms with E-state index in [0.29, 0.717) is 4.88 Å². The first-order valence-corrected chi connectivity index (χ1v) is 6.02. The van der Waals surface area contributed by atoms with Gasteiger partial charge in [-0.15, -0.1) is 11.3 Å². The zero-order chi connectivity index (χ0) is 13.1. The van der Waals surface area contributed by atoms with Gasteiger partial charge in [0.15, 0.2) is 6.04 Å². The van der Waals surface area contributed by atoms with Crippen LogP contribution >= 0.6 is 11.3 Å². The van der Waals surface area contributed by atoms with Crippen molar-refractivity contribution in [2.45, 2.75) is 31.8 Å². The first-order chi connectivity index (χ1) is 7.79. The summed E-state index contributed by atoms with van der Waals surface area (Å²) in [5.41, 5.74) is 5.05. The molecule has 0 aliphatic rings. The molecule has 5 nitrogen and oxygen atoms in total. The topological polar surface area (TPSA) is 92.4 Å². The maximum atomic E-state index is 11.6. The van der Waals surface area contributed by atoms with Crippen LogP contribution in [0.4, 0.5) is 0 Å². The van der Waals surface area contributed by atoms with Crippen molar-refractivity contribution >= 4 is 23.2 Å². The minimum absolute atomic E-state index is 0.0855. The molecule has 0 aliphatic carbocycles. The largest absolute Gasteiger partial charge is 0.479 e. The highest BCUT2D eigenvalue weighted by molar-refractivity contribution is 7.10. The number of carbonyl (C=O) groups excluding carboxylic acids is 1. The number of carboxylic acids is 1. The highest BCUT2D eigenvalue weighted by Crippen LogP contribution is 2.19. The summed E-state index contributed by atoms with van der Waals surface area (Å²) in [5, 5.41) is 13.3. The van der Waals surface area contributed by atoms with Crippen molar-refractivity contribution in [3.63, 3.8) is 0 Å². The van der Waals surface area contributed by atoms with Crippen LogP contribution in [-0.4, -0.2) is 22.5 Å². The Bertz CT molecular complexity index is 395. The molecule has 1 unspecified atom stereocenters. The Balaban J connectivity index is 2.69. The summed E-state index contributed by atoms with van der Waals surface area (Å²) in [7, 11) is 0. The predicted octanol–water partition coefficient (Wildman–Crippen LogP) is 1.12. The number of thiophene rings is 1. The van der Waals surface area contributed by atoms with Crippen LogP contribution < -0.4 is 11.1 Å². The second-order valence-electron chi connectivity index (χ2n) is 4.52. The smallest absolute Gasteiger partial charge is 0.331 e. The first kappa shape index (κ1) is 13.7. The zero-order valence-corrected chi connectivity index (χ0v) is 10.6. The lowest BCUT2D eigenvalue weighted by molar-refractivity contribution is -0.142. The fraction of sp³-hybridized carbons (Fsp3) is 0.455. The Morgan fingerprint density at radius 3 is 2.65 bits per heavy atom. The molecule has 1 amide bonds. The van der Waals surface area contributed by atoms with E-state index in [1.54, 1.807) is 31.4 Å². The molecule has 0 radical (unpaired) electrons. The number of rotatable bonds is 5. The Hall–Kier alpha value is -1.40. The van der Waals surface area contributed by atoms with Gasteiger partial charge in [0, 0.05) is 16.8 Å². The zero-order valence-electron chi connectivity index (χ0n) is 9.77. The lowest BCUT2D eigenvalue weighted by atomic mass is 10.0. The predicted molar refractivity (Wildman–Crippen MR) is 65.7 cm³/mol. The highest BCUT2D eigenvalue weighted by atomic mass is 32.1. The van der Waals surface area contributed by atoms with Crippen LogP contribution in [0.1, 0.15) is 31.2 Å². The van der Waals surface area contributed by atoms with E-state index < -0.39 is 17.6 Å². The summed E-state index contributed by atoms with van der Waals surface area (Å²) in [4.78, 5) is 23.3. The van der Waals surface area contributed by atoms with Gasteiger partial charge in [0.1, 0.15) is 0 Å². The van der Waals surface area contributed by atoms with E-state index in [2.05, 4.69) is 5.32 Å². The van der Waals surface area contributed by atoms with E-state index in [1.165, 1.54) is 11.3 Å². The van der Waals surface area contributed by atoms with Crippen LogP contribution in [0.3, 0.4) is 0 Å². The third kappa shape index (κ3) is 4.54. The van der Waals surface area contributed by atoms with Gasteiger partial charge in [-0.3, -0.25) is 4.79 Å². The van der Waals surface area contributed by atoms with Gasteiger partial charge in [-0.25, -0.2) is 4.79 Å². The van der Waals surface area contributed by atoms with Crippen LogP contribution in [0.25, 0.3) is 0 Å². The Morgan fingerprint density at radius 2 is 2.24 bits per heavy atom. The van der Waals surface area contributed by atoms with Crippen LogP contribution in [0.15, 0.2) is 17.5 Å². The molecule has 0 aliphatic heterocycles. The number of nitrogens with one attached hydrogen (secondary N) is 1. The molecule has 1 aromatic rings. The number of amides is 1. The normalized spacial score (nSPS) is 13.1. The van der Waals surface area contributed by atoms with Gasteiger partial charge in [0.2, 0.25) is 5.91 Å². The van der Waals surface area contributed by atoms with Crippen LogP contribution in [0, 0.1) is 0 Å². The summed E-state index contributed by atoms with van der Waals surface area (Å²) in [6.45, 7) is 3.43. The highest BCUT2D eigenvalue weighted by Gasteiger charge is 2.25. The van der Waals surface area contributed by atoms with E-state index >= 15 is 0 Å². The SMILES string of the molecule is CC(C)(N)CC(=O)NC(C(=O)O)c1cccs1. The monoisotopic (exact) mass is 256 g/mol. The molecule has 0 aromatic carbocycles. The molecule has 6 heteroatoms. The van der Waals surface area contributed by atoms with E-state index in [4.69, 9.17) is 10.8 Å². The lowest BCUT2D eigenvalue weighted by Gasteiger charge is -2.19. The first-order valence-electron chi connectivity index (χ1n) is 5.14. The summed E-state index contributed by atoms with van der Waals surface area (Å²) in [5.74, 6) is -1.44. The number of hydrogen-bond acceptors (Lipinski definition) is 4. The van der Waals surface area contributed by atoms with Crippen molar-refractivity contribution in [2.24, 2.45) is 5.73 Å². The molecule has 0 spiro atoms. The Kier molecular flexibility index (Phi) is 4.25. The second-order valence-corrected chi connectivity index (χ2v) is 5.50. The van der Waals surface area contributed by atoms with E-state index in [-0.39, 0.29) is 12.3 Å². The van der Waals surface area contributed by atoms with E-state index in [9.17, 15) is 9.59 Å². The number of aliphatic carboxylic acids is 1. The minimum Gasteiger partial charge on any atom is -0.479 e. The third-order valence-corrected chi connectivity index (χ3v) is 2.93. The average molecular weight is 256 g/mol. The fourth-order valence-corrected chi connectivity index (χ4v) is 2.10. The van der Waals surface area contributed by atoms with E-state index in [1.807, 2.05) is 0 Å². The van der Waals surface area contributed by atoms with Crippen LogP contribution in [0.5, 0.6) is 0 Å². The van der Waals surface area contributed by atoms with Gasteiger partial charge in [0.05, 0.1) is 0 Å². The molecule has 94 valence electrons. The summed E-state index contributed by atoms with van der Waals surface area (Å²) < 4.78 is 0. The Labute approximate surface area is 104 Å². The quantitative estimate of drug-likeness (QED) is 0.736. The molecule has 1 rings (SSSR count). The van der Waals surface area contributed by atoms with Gasteiger partial charge in [-0.1, -0.05) is 6.07 Å². The molecule has 1 heterocycles. The summed E-state index contributed by atoms with van der Waals surface area (Å²) >= 11 is 1.29. The molecule has 1 atom stereocenters. The fourth-order valence-electron chi connectivity index (χ4n) is 1.34. The lowest BCUT2D eigenvalue weighted by Crippen LogP contribution is -2.41. The maximum Gasteiger partial charge on any atom is 0.331 e. The van der Waals surface area contributed by atoms with E-state index in [0.717, 1.165) is 0 Å². The molecule has 0 saturated heterocycles. The molecule has 4 N–H and O–H groups in total. The van der Waals surface area contributed by atoms with Crippen molar-refractivity contribution in [3.8, 4) is 0 Å². The number of carboxylic acid groups (broad SMARTS) is 1. The van der Waals surface area contributed by atoms with Crippen LogP contribution in [-0.2, 0) is 9.59 Å². The molecule has 1 aromatic heterocycles. The molecular formula is C11H16N2O3S. The van der Waals surface area contributed by atoms with Gasteiger partial charge in [-0.05, 0) is 25.3 Å². The molecule has 0 fully saturated rings.